The number of halogens is 2. The van der Waals surface area contributed by atoms with E-state index in [9.17, 15) is 13.6 Å². The first kappa shape index (κ1) is 12.6. The van der Waals surface area contributed by atoms with Crippen molar-refractivity contribution in [1.29, 1.82) is 0 Å². The summed E-state index contributed by atoms with van der Waals surface area (Å²) in [7, 11) is 0. The summed E-state index contributed by atoms with van der Waals surface area (Å²) in [5.74, 6) is -2.41. The van der Waals surface area contributed by atoms with Crippen molar-refractivity contribution in [2.45, 2.75) is 10.6 Å². The molecule has 0 bridgehead atoms. The van der Waals surface area contributed by atoms with Crippen molar-refractivity contribution in [3.8, 4) is 0 Å². The molecule has 0 aliphatic carbocycles. The SMILES string of the molecule is O=C(O)c1occc1CSc1ccc(F)cc1F. The number of rotatable bonds is 4. The van der Waals surface area contributed by atoms with Crippen LogP contribution in [0.1, 0.15) is 16.1 Å². The van der Waals surface area contributed by atoms with E-state index in [1.54, 1.807) is 0 Å². The second-order valence-electron chi connectivity index (χ2n) is 3.44. The monoisotopic (exact) mass is 270 g/mol. The number of carbonyl (C=O) groups is 1. The minimum Gasteiger partial charge on any atom is -0.475 e. The normalized spacial score (nSPS) is 10.6. The number of hydrogen-bond donors (Lipinski definition) is 1. The molecule has 2 aromatic rings. The molecule has 0 unspecified atom stereocenters. The van der Waals surface area contributed by atoms with Crippen molar-refractivity contribution < 1.29 is 23.1 Å². The first-order valence-electron chi connectivity index (χ1n) is 4.95. The summed E-state index contributed by atoms with van der Waals surface area (Å²) < 4.78 is 30.8. The number of furan rings is 1. The first-order chi connectivity index (χ1) is 8.58. The molecule has 18 heavy (non-hydrogen) atoms. The molecule has 1 heterocycles. The van der Waals surface area contributed by atoms with Crippen molar-refractivity contribution in [2.75, 3.05) is 0 Å². The van der Waals surface area contributed by atoms with Gasteiger partial charge >= 0.3 is 5.97 Å². The lowest BCUT2D eigenvalue weighted by Gasteiger charge is -2.02. The Kier molecular flexibility index (Phi) is 3.66. The Morgan fingerprint density at radius 3 is 2.78 bits per heavy atom. The van der Waals surface area contributed by atoms with Gasteiger partial charge in [0.1, 0.15) is 11.6 Å². The molecule has 1 aromatic heterocycles. The molecule has 0 saturated carbocycles. The summed E-state index contributed by atoms with van der Waals surface area (Å²) in [5, 5.41) is 8.82. The lowest BCUT2D eigenvalue weighted by Crippen LogP contribution is -1.97. The highest BCUT2D eigenvalue weighted by atomic mass is 32.2. The molecule has 1 N–H and O–H groups in total. The van der Waals surface area contributed by atoms with Gasteiger partial charge in [0.05, 0.1) is 6.26 Å². The van der Waals surface area contributed by atoms with Crippen molar-refractivity contribution in [1.82, 2.24) is 0 Å². The lowest BCUT2D eigenvalue weighted by molar-refractivity contribution is 0.0661. The maximum absolute atomic E-state index is 13.3. The highest BCUT2D eigenvalue weighted by molar-refractivity contribution is 7.98. The minimum absolute atomic E-state index is 0.162. The average Bonchev–Trinajstić information content (AvgIpc) is 2.76. The summed E-state index contributed by atoms with van der Waals surface area (Å²) in [6, 6.07) is 4.77. The van der Waals surface area contributed by atoms with Gasteiger partial charge in [0.15, 0.2) is 0 Å². The largest absolute Gasteiger partial charge is 0.475 e. The van der Waals surface area contributed by atoms with Gasteiger partial charge in [0.25, 0.3) is 0 Å². The number of aromatic carboxylic acids is 1. The summed E-state index contributed by atoms with van der Waals surface area (Å²) in [5.41, 5.74) is 0.455. The molecule has 0 amide bonds. The van der Waals surface area contributed by atoms with Gasteiger partial charge in [-0.2, -0.15) is 0 Å². The van der Waals surface area contributed by atoms with Crippen LogP contribution in [0, 0.1) is 11.6 Å². The van der Waals surface area contributed by atoms with Crippen LogP contribution >= 0.6 is 11.8 Å². The van der Waals surface area contributed by atoms with Crippen LogP contribution < -0.4 is 0 Å². The van der Waals surface area contributed by atoms with Gasteiger partial charge in [0.2, 0.25) is 5.76 Å². The molecule has 0 atom stereocenters. The molecular formula is C12H8F2O3S. The van der Waals surface area contributed by atoms with Gasteiger partial charge in [0, 0.05) is 22.3 Å². The molecule has 6 heteroatoms. The number of carboxylic acid groups (broad SMARTS) is 1. The molecule has 2 rings (SSSR count). The first-order valence-corrected chi connectivity index (χ1v) is 5.94. The van der Waals surface area contributed by atoms with Crippen molar-refractivity contribution >= 4 is 17.7 Å². The molecule has 0 aliphatic rings. The van der Waals surface area contributed by atoms with E-state index in [2.05, 4.69) is 0 Å². The van der Waals surface area contributed by atoms with Crippen LogP contribution in [0.4, 0.5) is 8.78 Å². The third kappa shape index (κ3) is 2.70. The van der Waals surface area contributed by atoms with Gasteiger partial charge in [-0.3, -0.25) is 0 Å². The predicted molar refractivity (Wildman–Crippen MR) is 61.6 cm³/mol. The number of carboxylic acids is 1. The zero-order valence-corrected chi connectivity index (χ0v) is 9.84. The fourth-order valence-corrected chi connectivity index (χ4v) is 2.28. The van der Waals surface area contributed by atoms with E-state index in [1.807, 2.05) is 0 Å². The summed E-state index contributed by atoms with van der Waals surface area (Å²) in [6.07, 6.45) is 1.26. The smallest absolute Gasteiger partial charge is 0.372 e. The Morgan fingerprint density at radius 2 is 2.11 bits per heavy atom. The summed E-state index contributed by atoms with van der Waals surface area (Å²) in [6.45, 7) is 0. The Hall–Kier alpha value is -1.82. The molecule has 0 spiro atoms. The summed E-state index contributed by atoms with van der Waals surface area (Å²) in [4.78, 5) is 11.0. The topological polar surface area (TPSA) is 50.4 Å². The Bertz CT molecular complexity index is 580. The van der Waals surface area contributed by atoms with Crippen LogP contribution in [0.3, 0.4) is 0 Å². The van der Waals surface area contributed by atoms with Crippen molar-refractivity contribution in [2.24, 2.45) is 0 Å². The predicted octanol–water partition coefficient (Wildman–Crippen LogP) is 3.55. The van der Waals surface area contributed by atoms with Crippen LogP contribution in [0.2, 0.25) is 0 Å². The highest BCUT2D eigenvalue weighted by Crippen LogP contribution is 2.27. The molecule has 0 aliphatic heterocycles. The molecular weight excluding hydrogens is 262 g/mol. The van der Waals surface area contributed by atoms with E-state index < -0.39 is 17.6 Å². The number of hydrogen-bond acceptors (Lipinski definition) is 3. The van der Waals surface area contributed by atoms with Crippen LogP contribution in [-0.2, 0) is 5.75 Å². The highest BCUT2D eigenvalue weighted by Gasteiger charge is 2.14. The van der Waals surface area contributed by atoms with Crippen LogP contribution in [0.15, 0.2) is 39.8 Å². The van der Waals surface area contributed by atoms with E-state index >= 15 is 0 Å². The second-order valence-corrected chi connectivity index (χ2v) is 4.46. The van der Waals surface area contributed by atoms with E-state index in [1.165, 1.54) is 18.4 Å². The van der Waals surface area contributed by atoms with Crippen LogP contribution in [0.5, 0.6) is 0 Å². The second kappa shape index (κ2) is 5.22. The van der Waals surface area contributed by atoms with Gasteiger partial charge in [-0.15, -0.1) is 11.8 Å². The Labute approximate surface area is 105 Å². The average molecular weight is 270 g/mol. The van der Waals surface area contributed by atoms with E-state index in [0.29, 0.717) is 5.56 Å². The van der Waals surface area contributed by atoms with Crippen LogP contribution in [0.25, 0.3) is 0 Å². The zero-order valence-electron chi connectivity index (χ0n) is 9.02. The van der Waals surface area contributed by atoms with E-state index in [4.69, 9.17) is 9.52 Å². The van der Waals surface area contributed by atoms with E-state index in [-0.39, 0.29) is 16.4 Å². The van der Waals surface area contributed by atoms with Gasteiger partial charge in [-0.05, 0) is 18.2 Å². The lowest BCUT2D eigenvalue weighted by atomic mass is 10.3. The van der Waals surface area contributed by atoms with Crippen molar-refractivity contribution in [3.63, 3.8) is 0 Å². The fourth-order valence-electron chi connectivity index (χ4n) is 1.38. The molecule has 1 aromatic carbocycles. The van der Waals surface area contributed by atoms with Crippen molar-refractivity contribution in [3.05, 3.63) is 53.5 Å². The van der Waals surface area contributed by atoms with Crippen LogP contribution in [-0.4, -0.2) is 11.1 Å². The molecule has 3 nitrogen and oxygen atoms in total. The fraction of sp³-hybridized carbons (Fsp3) is 0.0833. The Morgan fingerprint density at radius 1 is 1.33 bits per heavy atom. The minimum atomic E-state index is -1.17. The quantitative estimate of drug-likeness (QED) is 0.863. The summed E-state index contributed by atoms with van der Waals surface area (Å²) >= 11 is 1.08. The third-order valence-electron chi connectivity index (χ3n) is 2.22. The standard InChI is InChI=1S/C12H8F2O3S/c13-8-1-2-10(9(14)5-8)18-6-7-3-4-17-11(7)12(15)16/h1-5H,6H2,(H,15,16). The molecule has 0 fully saturated rings. The zero-order chi connectivity index (χ0) is 13.1. The third-order valence-corrected chi connectivity index (χ3v) is 3.32. The molecule has 94 valence electrons. The number of benzene rings is 1. The molecule has 0 radical (unpaired) electrons. The Balaban J connectivity index is 2.11. The van der Waals surface area contributed by atoms with Gasteiger partial charge in [-0.25, -0.2) is 13.6 Å². The van der Waals surface area contributed by atoms with E-state index in [0.717, 1.165) is 23.9 Å². The number of thioether (sulfide) groups is 1. The van der Waals surface area contributed by atoms with Gasteiger partial charge < -0.3 is 9.52 Å². The van der Waals surface area contributed by atoms with Gasteiger partial charge in [-0.1, -0.05) is 0 Å². The molecule has 0 saturated heterocycles. The maximum atomic E-state index is 13.3. The maximum Gasteiger partial charge on any atom is 0.372 e.